The maximum atomic E-state index is 9.86. The number of carboxylic acids is 2. The van der Waals surface area contributed by atoms with Crippen LogP contribution in [0.15, 0.2) is 0 Å². The van der Waals surface area contributed by atoms with Crippen molar-refractivity contribution in [3.63, 3.8) is 0 Å². The monoisotopic (exact) mass is 208 g/mol. The first kappa shape index (κ1) is 15.3. The number of rotatable bonds is 3. The van der Waals surface area contributed by atoms with E-state index in [4.69, 9.17) is 26.8 Å². The standard InChI is InChI=1S/C4H9NO3.C3H7NO2/c1-2(6)3(5)4(7)8;1-2(4)3(5)6/h2-3,6H,5H2,1H3,(H,7,8);2H,4H2,1H3,(H,5,6)/t2-,3+;2-/m10/s1. The lowest BCUT2D eigenvalue weighted by Gasteiger charge is -2.06. The van der Waals surface area contributed by atoms with Gasteiger partial charge in [-0.15, -0.1) is 0 Å². The van der Waals surface area contributed by atoms with E-state index in [9.17, 15) is 9.59 Å². The Labute approximate surface area is 81.3 Å². The van der Waals surface area contributed by atoms with Gasteiger partial charge in [0.1, 0.15) is 12.1 Å². The van der Waals surface area contributed by atoms with Gasteiger partial charge < -0.3 is 26.8 Å². The second-order valence-corrected chi connectivity index (χ2v) is 2.73. The van der Waals surface area contributed by atoms with E-state index in [2.05, 4.69) is 0 Å². The van der Waals surface area contributed by atoms with E-state index in [-0.39, 0.29) is 0 Å². The Balaban J connectivity index is 0. The van der Waals surface area contributed by atoms with E-state index in [1.54, 1.807) is 0 Å². The molecule has 0 aliphatic carbocycles. The van der Waals surface area contributed by atoms with Gasteiger partial charge in [0.05, 0.1) is 6.10 Å². The molecular weight excluding hydrogens is 192 g/mol. The van der Waals surface area contributed by atoms with E-state index in [1.165, 1.54) is 13.8 Å². The molecule has 84 valence electrons. The topological polar surface area (TPSA) is 147 Å². The lowest BCUT2D eigenvalue weighted by Crippen LogP contribution is -2.39. The molecule has 0 aromatic heterocycles. The van der Waals surface area contributed by atoms with Gasteiger partial charge in [-0.05, 0) is 13.8 Å². The number of aliphatic hydroxyl groups is 1. The number of aliphatic hydroxyl groups excluding tert-OH is 1. The molecule has 0 unspecified atom stereocenters. The van der Waals surface area contributed by atoms with Crippen LogP contribution in [-0.2, 0) is 9.59 Å². The summed E-state index contributed by atoms with van der Waals surface area (Å²) in [5, 5.41) is 24.4. The minimum atomic E-state index is -1.18. The lowest BCUT2D eigenvalue weighted by atomic mass is 10.2. The van der Waals surface area contributed by atoms with Crippen LogP contribution in [0.25, 0.3) is 0 Å². The Hall–Kier alpha value is -1.18. The van der Waals surface area contributed by atoms with Crippen LogP contribution in [0.4, 0.5) is 0 Å². The maximum Gasteiger partial charge on any atom is 0.323 e. The predicted octanol–water partition coefficient (Wildman–Crippen LogP) is -1.80. The van der Waals surface area contributed by atoms with Crippen LogP contribution in [0.1, 0.15) is 13.8 Å². The van der Waals surface area contributed by atoms with Crippen LogP contribution in [0.5, 0.6) is 0 Å². The molecule has 0 saturated carbocycles. The van der Waals surface area contributed by atoms with Gasteiger partial charge in [0.15, 0.2) is 0 Å². The number of carboxylic acid groups (broad SMARTS) is 2. The first-order chi connectivity index (χ1) is 6.20. The van der Waals surface area contributed by atoms with Crippen molar-refractivity contribution in [3.8, 4) is 0 Å². The number of nitrogens with two attached hydrogens (primary N) is 2. The largest absolute Gasteiger partial charge is 0.480 e. The molecule has 0 aromatic carbocycles. The average Bonchev–Trinajstić information content (AvgIpc) is 2.03. The van der Waals surface area contributed by atoms with Crippen LogP contribution in [0, 0.1) is 0 Å². The number of hydrogen-bond donors (Lipinski definition) is 5. The fourth-order valence-corrected chi connectivity index (χ4v) is 0.206. The molecule has 0 aliphatic rings. The molecule has 0 bridgehead atoms. The van der Waals surface area contributed by atoms with Crippen LogP contribution >= 0.6 is 0 Å². The highest BCUT2D eigenvalue weighted by atomic mass is 16.4. The van der Waals surface area contributed by atoms with Crippen LogP contribution < -0.4 is 11.5 Å². The molecule has 0 heterocycles. The third-order valence-corrected chi connectivity index (χ3v) is 1.19. The first-order valence-electron chi connectivity index (χ1n) is 3.85. The Kier molecular flexibility index (Phi) is 7.92. The summed E-state index contributed by atoms with van der Waals surface area (Å²) in [4.78, 5) is 19.4. The van der Waals surface area contributed by atoms with Crippen molar-refractivity contribution in [2.24, 2.45) is 11.5 Å². The van der Waals surface area contributed by atoms with Crippen LogP contribution in [0.3, 0.4) is 0 Å². The van der Waals surface area contributed by atoms with Crippen molar-refractivity contribution in [3.05, 3.63) is 0 Å². The molecule has 0 fully saturated rings. The van der Waals surface area contributed by atoms with Crippen molar-refractivity contribution in [1.82, 2.24) is 0 Å². The Morgan fingerprint density at radius 1 is 1.07 bits per heavy atom. The molecule has 0 aromatic rings. The molecule has 7 N–H and O–H groups in total. The van der Waals surface area contributed by atoms with Gasteiger partial charge in [0.25, 0.3) is 0 Å². The second kappa shape index (κ2) is 7.25. The van der Waals surface area contributed by atoms with Crippen molar-refractivity contribution in [1.29, 1.82) is 0 Å². The zero-order valence-electron chi connectivity index (χ0n) is 8.04. The molecule has 0 rings (SSSR count). The maximum absolute atomic E-state index is 9.86. The summed E-state index contributed by atoms with van der Waals surface area (Å²) in [6, 6.07) is -1.89. The normalized spacial score (nSPS) is 15.8. The SMILES string of the molecule is C[C@@H](O)[C@H](N)C(=O)O.C[C@H](N)C(=O)O. The first-order valence-corrected chi connectivity index (χ1v) is 3.85. The van der Waals surface area contributed by atoms with Gasteiger partial charge in [-0.25, -0.2) is 0 Å². The summed E-state index contributed by atoms with van der Waals surface area (Å²) in [6.07, 6.45) is -0.979. The third kappa shape index (κ3) is 8.91. The van der Waals surface area contributed by atoms with Crippen LogP contribution in [0.2, 0.25) is 0 Å². The minimum Gasteiger partial charge on any atom is -0.480 e. The van der Waals surface area contributed by atoms with Crippen molar-refractivity contribution in [2.75, 3.05) is 0 Å². The van der Waals surface area contributed by atoms with Gasteiger partial charge in [-0.1, -0.05) is 0 Å². The fraction of sp³-hybridized carbons (Fsp3) is 0.714. The molecule has 0 spiro atoms. The quantitative estimate of drug-likeness (QED) is 0.367. The highest BCUT2D eigenvalue weighted by Gasteiger charge is 2.16. The summed E-state index contributed by atoms with van der Waals surface area (Å²) in [5.74, 6) is -2.14. The van der Waals surface area contributed by atoms with E-state index >= 15 is 0 Å². The summed E-state index contributed by atoms with van der Waals surface area (Å²) >= 11 is 0. The van der Waals surface area contributed by atoms with Gasteiger partial charge in [-0.2, -0.15) is 0 Å². The smallest absolute Gasteiger partial charge is 0.323 e. The van der Waals surface area contributed by atoms with Gasteiger partial charge in [0, 0.05) is 0 Å². The number of carbonyl (C=O) groups is 2. The van der Waals surface area contributed by atoms with Crippen molar-refractivity contribution < 1.29 is 24.9 Å². The molecule has 0 aliphatic heterocycles. The molecule has 0 radical (unpaired) electrons. The van der Waals surface area contributed by atoms with E-state index < -0.39 is 30.1 Å². The molecule has 3 atom stereocenters. The lowest BCUT2D eigenvalue weighted by molar-refractivity contribution is -0.141. The highest BCUT2D eigenvalue weighted by Crippen LogP contribution is 1.85. The minimum absolute atomic E-state index is 0.731. The van der Waals surface area contributed by atoms with Crippen LogP contribution in [-0.4, -0.2) is 45.4 Å². The van der Waals surface area contributed by atoms with Gasteiger partial charge in [0.2, 0.25) is 0 Å². The molecule has 7 heteroatoms. The summed E-state index contributed by atoms with van der Waals surface area (Å²) in [5.41, 5.74) is 9.75. The highest BCUT2D eigenvalue weighted by molar-refractivity contribution is 5.73. The third-order valence-electron chi connectivity index (χ3n) is 1.19. The number of aliphatic carboxylic acids is 2. The summed E-state index contributed by atoms with van der Waals surface area (Å²) in [6.45, 7) is 2.75. The summed E-state index contributed by atoms with van der Waals surface area (Å²) in [7, 11) is 0. The van der Waals surface area contributed by atoms with E-state index in [0.29, 0.717) is 0 Å². The Bertz CT molecular complexity index is 193. The zero-order valence-corrected chi connectivity index (χ0v) is 8.04. The molecular formula is C7H16N2O5. The van der Waals surface area contributed by atoms with E-state index in [0.717, 1.165) is 0 Å². The van der Waals surface area contributed by atoms with Crippen molar-refractivity contribution in [2.45, 2.75) is 32.0 Å². The molecule has 0 amide bonds. The average molecular weight is 208 g/mol. The van der Waals surface area contributed by atoms with Gasteiger partial charge >= 0.3 is 11.9 Å². The van der Waals surface area contributed by atoms with Crippen molar-refractivity contribution >= 4 is 11.9 Å². The predicted molar refractivity (Wildman–Crippen MR) is 48.6 cm³/mol. The number of hydrogen-bond acceptors (Lipinski definition) is 5. The van der Waals surface area contributed by atoms with E-state index in [1.807, 2.05) is 0 Å². The van der Waals surface area contributed by atoms with Gasteiger partial charge in [-0.3, -0.25) is 9.59 Å². The Morgan fingerprint density at radius 3 is 1.36 bits per heavy atom. The molecule has 7 nitrogen and oxygen atoms in total. The zero-order chi connectivity index (χ0) is 11.9. The molecule has 14 heavy (non-hydrogen) atoms. The fourth-order valence-electron chi connectivity index (χ4n) is 0.206. The Morgan fingerprint density at radius 2 is 1.36 bits per heavy atom. The molecule has 0 saturated heterocycles. The second-order valence-electron chi connectivity index (χ2n) is 2.73. The summed E-state index contributed by atoms with van der Waals surface area (Å²) < 4.78 is 0.